The number of likely N-dealkylation sites (tertiary alicyclic amines) is 1. The van der Waals surface area contributed by atoms with Crippen LogP contribution in [0.1, 0.15) is 41.0 Å². The Morgan fingerprint density at radius 1 is 0.659 bits per heavy atom. The fourth-order valence-corrected chi connectivity index (χ4v) is 5.75. The molecular weight excluding hydrogens is 548 g/mol. The number of piperidine rings is 1. The number of carbonyl (C=O) groups excluding carboxylic acids is 3. The van der Waals surface area contributed by atoms with Crippen molar-refractivity contribution in [2.75, 3.05) is 19.6 Å². The van der Waals surface area contributed by atoms with E-state index in [2.05, 4.69) is 45.1 Å². The second-order valence-electron chi connectivity index (χ2n) is 11.3. The van der Waals surface area contributed by atoms with Gasteiger partial charge in [0.25, 0.3) is 0 Å². The second-order valence-corrected chi connectivity index (χ2v) is 11.3. The van der Waals surface area contributed by atoms with Gasteiger partial charge in [-0.1, -0.05) is 121 Å². The first-order valence-electron chi connectivity index (χ1n) is 15.3. The van der Waals surface area contributed by atoms with Crippen LogP contribution in [0.5, 0.6) is 0 Å². The number of benzene rings is 4. The summed E-state index contributed by atoms with van der Waals surface area (Å²) in [5, 5.41) is 8.87. The lowest BCUT2D eigenvalue weighted by molar-refractivity contribution is -0.130. The summed E-state index contributed by atoms with van der Waals surface area (Å²) in [4.78, 5) is 42.5. The quantitative estimate of drug-likeness (QED) is 0.228. The van der Waals surface area contributed by atoms with Crippen molar-refractivity contribution in [2.45, 2.75) is 43.8 Å². The zero-order valence-corrected chi connectivity index (χ0v) is 24.9. The molecule has 1 heterocycles. The number of rotatable bonds is 12. The first kappa shape index (κ1) is 30.7. The molecule has 1 atom stereocenters. The monoisotopic (exact) mass is 588 g/mol. The molecule has 0 saturated carbocycles. The van der Waals surface area contributed by atoms with E-state index in [1.54, 1.807) is 0 Å². The summed E-state index contributed by atoms with van der Waals surface area (Å²) >= 11 is 0. The molecule has 7 nitrogen and oxygen atoms in total. The van der Waals surface area contributed by atoms with Gasteiger partial charge < -0.3 is 16.0 Å². The van der Waals surface area contributed by atoms with Crippen molar-refractivity contribution < 1.29 is 14.4 Å². The summed E-state index contributed by atoms with van der Waals surface area (Å²) < 4.78 is 0. The number of nitrogens with one attached hydrogen (secondary N) is 3. The van der Waals surface area contributed by atoms with E-state index < -0.39 is 17.9 Å². The van der Waals surface area contributed by atoms with Gasteiger partial charge >= 0.3 is 0 Å². The number of hydrogen-bond donors (Lipinski definition) is 3. The average Bonchev–Trinajstić information content (AvgIpc) is 3.06. The second kappa shape index (κ2) is 15.6. The molecule has 0 bridgehead atoms. The highest BCUT2D eigenvalue weighted by Crippen LogP contribution is 2.25. The van der Waals surface area contributed by atoms with Crippen molar-refractivity contribution in [3.63, 3.8) is 0 Å². The van der Waals surface area contributed by atoms with Crippen LogP contribution < -0.4 is 16.0 Å². The molecule has 0 unspecified atom stereocenters. The molecule has 3 amide bonds. The number of hydrogen-bond acceptors (Lipinski definition) is 4. The Labute approximate surface area is 259 Å². The van der Waals surface area contributed by atoms with Gasteiger partial charge in [0.1, 0.15) is 6.04 Å². The van der Waals surface area contributed by atoms with Crippen molar-refractivity contribution in [1.82, 2.24) is 20.9 Å². The first-order valence-corrected chi connectivity index (χ1v) is 15.3. The van der Waals surface area contributed by atoms with Gasteiger partial charge in [0, 0.05) is 32.1 Å². The van der Waals surface area contributed by atoms with Gasteiger partial charge in [0.2, 0.25) is 17.7 Å². The Balaban J connectivity index is 1.19. The molecule has 1 aliphatic heterocycles. The maximum Gasteiger partial charge on any atom is 0.243 e. The Morgan fingerprint density at radius 2 is 1.16 bits per heavy atom. The standard InChI is InChI=1S/C37H40N4O3/c42-34(39-32-21-23-41(24-22-32)27-29-15-7-2-8-16-29)26-38-36(43)33(25-28-13-5-1-6-14-28)40-37(44)35(30-17-9-3-10-18-30)31-19-11-4-12-20-31/h1-20,32-33,35H,21-27H2,(H,38,43)(H,39,42)(H,40,44)/t33-/m0/s1. The largest absolute Gasteiger partial charge is 0.352 e. The summed E-state index contributed by atoms with van der Waals surface area (Å²) in [7, 11) is 0. The van der Waals surface area contributed by atoms with E-state index in [1.165, 1.54) is 5.56 Å². The fourth-order valence-electron chi connectivity index (χ4n) is 5.75. The molecule has 1 saturated heterocycles. The van der Waals surface area contributed by atoms with E-state index in [1.807, 2.05) is 97.1 Å². The summed E-state index contributed by atoms with van der Waals surface area (Å²) in [5.74, 6) is -1.48. The van der Waals surface area contributed by atoms with Gasteiger partial charge in [-0.2, -0.15) is 0 Å². The minimum absolute atomic E-state index is 0.0729. The molecule has 44 heavy (non-hydrogen) atoms. The molecule has 0 radical (unpaired) electrons. The van der Waals surface area contributed by atoms with Crippen molar-refractivity contribution >= 4 is 17.7 Å². The summed E-state index contributed by atoms with van der Waals surface area (Å²) in [5.41, 5.74) is 3.87. The van der Waals surface area contributed by atoms with Crippen LogP contribution in [0.3, 0.4) is 0 Å². The molecule has 5 rings (SSSR count). The molecule has 0 aliphatic carbocycles. The van der Waals surface area contributed by atoms with E-state index in [4.69, 9.17) is 0 Å². The van der Waals surface area contributed by atoms with Crippen LogP contribution in [0.2, 0.25) is 0 Å². The van der Waals surface area contributed by atoms with E-state index in [9.17, 15) is 14.4 Å². The highest BCUT2D eigenvalue weighted by molar-refractivity contribution is 5.94. The van der Waals surface area contributed by atoms with Gasteiger partial charge in [0.15, 0.2) is 0 Å². The third-order valence-electron chi connectivity index (χ3n) is 8.07. The number of amides is 3. The van der Waals surface area contributed by atoms with Crippen LogP contribution in [0.4, 0.5) is 0 Å². The molecule has 1 fully saturated rings. The minimum Gasteiger partial charge on any atom is -0.352 e. The Kier molecular flexibility index (Phi) is 10.9. The maximum atomic E-state index is 13.8. The van der Waals surface area contributed by atoms with Crippen molar-refractivity contribution in [3.05, 3.63) is 144 Å². The average molecular weight is 589 g/mol. The lowest BCUT2D eigenvalue weighted by Gasteiger charge is -2.32. The van der Waals surface area contributed by atoms with Crippen LogP contribution in [0.15, 0.2) is 121 Å². The van der Waals surface area contributed by atoms with Gasteiger partial charge in [-0.25, -0.2) is 0 Å². The molecule has 226 valence electrons. The molecule has 0 aromatic heterocycles. The summed E-state index contributed by atoms with van der Waals surface area (Å²) in [6, 6.07) is 38.3. The van der Waals surface area contributed by atoms with Crippen LogP contribution in [0.25, 0.3) is 0 Å². The summed E-state index contributed by atoms with van der Waals surface area (Å²) in [6.07, 6.45) is 2.02. The van der Waals surface area contributed by atoms with Crippen LogP contribution in [0, 0.1) is 0 Å². The highest BCUT2D eigenvalue weighted by Gasteiger charge is 2.29. The van der Waals surface area contributed by atoms with Gasteiger partial charge in [0.05, 0.1) is 12.5 Å². The molecule has 0 spiro atoms. The van der Waals surface area contributed by atoms with E-state index in [0.717, 1.165) is 49.2 Å². The van der Waals surface area contributed by atoms with Crippen molar-refractivity contribution in [3.8, 4) is 0 Å². The Morgan fingerprint density at radius 3 is 1.70 bits per heavy atom. The zero-order chi connectivity index (χ0) is 30.6. The lowest BCUT2D eigenvalue weighted by atomic mass is 9.90. The summed E-state index contributed by atoms with van der Waals surface area (Å²) in [6.45, 7) is 2.56. The molecular formula is C37H40N4O3. The number of nitrogens with zero attached hydrogens (tertiary/aromatic N) is 1. The van der Waals surface area contributed by atoms with Crippen molar-refractivity contribution in [2.24, 2.45) is 0 Å². The molecule has 1 aliphatic rings. The van der Waals surface area contributed by atoms with Crippen LogP contribution >= 0.6 is 0 Å². The van der Waals surface area contributed by atoms with E-state index >= 15 is 0 Å². The lowest BCUT2D eigenvalue weighted by Crippen LogP contribution is -2.52. The Bertz CT molecular complexity index is 1440. The fraction of sp³-hybridized carbons (Fsp3) is 0.270. The van der Waals surface area contributed by atoms with E-state index in [0.29, 0.717) is 6.42 Å². The Hall–Kier alpha value is -4.75. The van der Waals surface area contributed by atoms with Gasteiger partial charge in [-0.05, 0) is 35.1 Å². The van der Waals surface area contributed by atoms with Crippen molar-refractivity contribution in [1.29, 1.82) is 0 Å². The van der Waals surface area contributed by atoms with Gasteiger partial charge in [-0.3, -0.25) is 19.3 Å². The molecule has 3 N–H and O–H groups in total. The highest BCUT2D eigenvalue weighted by atomic mass is 16.2. The smallest absolute Gasteiger partial charge is 0.243 e. The molecule has 4 aromatic carbocycles. The first-order chi connectivity index (χ1) is 21.5. The topological polar surface area (TPSA) is 90.5 Å². The predicted molar refractivity (Wildman–Crippen MR) is 173 cm³/mol. The third-order valence-corrected chi connectivity index (χ3v) is 8.07. The molecule has 7 heteroatoms. The SMILES string of the molecule is O=C(CNC(=O)[C@H](Cc1ccccc1)NC(=O)C(c1ccccc1)c1ccccc1)NC1CCN(Cc2ccccc2)CC1. The normalized spacial score (nSPS) is 14.5. The van der Waals surface area contributed by atoms with E-state index in [-0.39, 0.29) is 24.4 Å². The maximum absolute atomic E-state index is 13.8. The number of carbonyl (C=O) groups is 3. The molecule has 4 aromatic rings. The third kappa shape index (κ3) is 8.88. The van der Waals surface area contributed by atoms with Gasteiger partial charge in [-0.15, -0.1) is 0 Å². The predicted octanol–water partition coefficient (Wildman–Crippen LogP) is 4.44. The van der Waals surface area contributed by atoms with Crippen LogP contribution in [-0.4, -0.2) is 54.3 Å². The van der Waals surface area contributed by atoms with Crippen LogP contribution in [-0.2, 0) is 27.3 Å². The minimum atomic E-state index is -0.853. The zero-order valence-electron chi connectivity index (χ0n) is 24.9.